The van der Waals surface area contributed by atoms with E-state index in [1.165, 1.54) is 11.0 Å². The number of halogens is 3. The highest BCUT2D eigenvalue weighted by Gasteiger charge is 2.36. The third kappa shape index (κ3) is 4.36. The van der Waals surface area contributed by atoms with Crippen molar-refractivity contribution in [1.29, 1.82) is 0 Å². The Hall–Kier alpha value is -2.39. The fraction of sp³-hybridized carbons (Fsp3) is 0.316. The molecule has 0 bridgehead atoms. The molecule has 0 atom stereocenters. The number of anilines is 2. The fourth-order valence-electron chi connectivity index (χ4n) is 3.03. The summed E-state index contributed by atoms with van der Waals surface area (Å²) in [6.07, 6.45) is -2.40. The summed E-state index contributed by atoms with van der Waals surface area (Å²) in [5.41, 5.74) is 0.700. The van der Waals surface area contributed by atoms with Gasteiger partial charge in [0.1, 0.15) is 12.4 Å². The molecule has 9 heteroatoms. The molecule has 5 nitrogen and oxygen atoms in total. The van der Waals surface area contributed by atoms with Crippen molar-refractivity contribution < 1.29 is 27.8 Å². The van der Waals surface area contributed by atoms with Crippen LogP contribution in [0.25, 0.3) is 0 Å². The summed E-state index contributed by atoms with van der Waals surface area (Å²) in [5, 5.41) is 11.5. The Morgan fingerprint density at radius 2 is 2.11 bits per heavy atom. The van der Waals surface area contributed by atoms with Crippen molar-refractivity contribution >= 4 is 29.2 Å². The van der Waals surface area contributed by atoms with Crippen LogP contribution in [0.1, 0.15) is 11.1 Å². The largest absolute Gasteiger partial charge is 0.491 e. The third-order valence-electron chi connectivity index (χ3n) is 4.29. The monoisotopic (exact) mass is 412 g/mol. The summed E-state index contributed by atoms with van der Waals surface area (Å²) in [4.78, 5) is 14.1. The molecule has 0 unspecified atom stereocenters. The predicted molar refractivity (Wildman–Crippen MR) is 102 cm³/mol. The number of amides is 2. The number of thioether (sulfide) groups is 1. The molecule has 0 saturated heterocycles. The standard InChI is InChI=1S/C19H19F3N2O3S/c1-28-17-9-12-5-6-24(16(12)11-15(17)19(20,21)22)18(26)23-13-3-2-4-14(10-13)27-8-7-25/h2-4,9-11,25H,5-8H2,1H3,(H,23,26). The lowest BCUT2D eigenvalue weighted by Gasteiger charge is -2.20. The van der Waals surface area contributed by atoms with Crippen LogP contribution in [0.4, 0.5) is 29.3 Å². The highest BCUT2D eigenvalue weighted by atomic mass is 32.2. The lowest BCUT2D eigenvalue weighted by atomic mass is 10.1. The van der Waals surface area contributed by atoms with E-state index in [2.05, 4.69) is 5.32 Å². The number of nitrogens with zero attached hydrogens (tertiary/aromatic N) is 1. The number of benzene rings is 2. The zero-order valence-electron chi connectivity index (χ0n) is 15.0. The van der Waals surface area contributed by atoms with Gasteiger partial charge in [-0.1, -0.05) is 6.07 Å². The second kappa shape index (κ2) is 8.32. The maximum atomic E-state index is 13.4. The van der Waals surface area contributed by atoms with Crippen molar-refractivity contribution in [2.24, 2.45) is 0 Å². The molecule has 0 saturated carbocycles. The topological polar surface area (TPSA) is 61.8 Å². The number of carbonyl (C=O) groups is 1. The first-order chi connectivity index (χ1) is 13.3. The summed E-state index contributed by atoms with van der Waals surface area (Å²) in [7, 11) is 0. The van der Waals surface area contributed by atoms with Crippen molar-refractivity contribution in [1.82, 2.24) is 0 Å². The minimum atomic E-state index is -4.49. The molecule has 28 heavy (non-hydrogen) atoms. The minimum absolute atomic E-state index is 0.120. The molecule has 0 radical (unpaired) electrons. The van der Waals surface area contributed by atoms with E-state index in [-0.39, 0.29) is 23.8 Å². The molecule has 0 aliphatic carbocycles. The van der Waals surface area contributed by atoms with Crippen LogP contribution < -0.4 is 15.0 Å². The van der Waals surface area contributed by atoms with Gasteiger partial charge < -0.3 is 15.2 Å². The number of nitrogens with one attached hydrogen (secondary N) is 1. The molecule has 2 aromatic rings. The Kier molecular flexibility index (Phi) is 6.04. The van der Waals surface area contributed by atoms with Crippen LogP contribution in [-0.2, 0) is 12.6 Å². The van der Waals surface area contributed by atoms with E-state index >= 15 is 0 Å². The van der Waals surface area contributed by atoms with E-state index in [1.807, 2.05) is 0 Å². The van der Waals surface area contributed by atoms with Gasteiger partial charge in [0.25, 0.3) is 0 Å². The number of hydrogen-bond acceptors (Lipinski definition) is 4. The molecule has 1 aliphatic heterocycles. The summed E-state index contributed by atoms with van der Waals surface area (Å²) < 4.78 is 45.4. The van der Waals surface area contributed by atoms with Crippen LogP contribution in [0, 0.1) is 0 Å². The molecule has 2 N–H and O–H groups in total. The fourth-order valence-corrected chi connectivity index (χ4v) is 3.69. The Labute approximate surface area is 164 Å². The lowest BCUT2D eigenvalue weighted by Crippen LogP contribution is -2.33. The highest BCUT2D eigenvalue weighted by Crippen LogP contribution is 2.42. The molecule has 0 aromatic heterocycles. The maximum absolute atomic E-state index is 13.4. The molecule has 150 valence electrons. The first-order valence-electron chi connectivity index (χ1n) is 8.54. The molecule has 1 heterocycles. The Balaban J connectivity index is 1.82. The van der Waals surface area contributed by atoms with Gasteiger partial charge in [0.2, 0.25) is 0 Å². The van der Waals surface area contributed by atoms with Gasteiger partial charge in [-0.3, -0.25) is 4.90 Å². The van der Waals surface area contributed by atoms with E-state index in [0.717, 1.165) is 17.8 Å². The molecule has 0 fully saturated rings. The number of fused-ring (bicyclic) bond motifs is 1. The Bertz CT molecular complexity index is 874. The smallest absolute Gasteiger partial charge is 0.417 e. The van der Waals surface area contributed by atoms with Gasteiger partial charge in [-0.25, -0.2) is 4.79 Å². The second-order valence-corrected chi connectivity index (χ2v) is 6.96. The summed E-state index contributed by atoms with van der Waals surface area (Å²) in [5.74, 6) is 0.470. The van der Waals surface area contributed by atoms with Crippen LogP contribution >= 0.6 is 11.8 Å². The molecule has 2 amide bonds. The van der Waals surface area contributed by atoms with E-state index in [9.17, 15) is 18.0 Å². The first kappa shape index (κ1) is 20.3. The van der Waals surface area contributed by atoms with Gasteiger partial charge in [0.15, 0.2) is 0 Å². The van der Waals surface area contributed by atoms with Crippen LogP contribution in [-0.4, -0.2) is 37.2 Å². The third-order valence-corrected chi connectivity index (χ3v) is 5.07. The number of aliphatic hydroxyl groups is 1. The van der Waals surface area contributed by atoms with Crippen molar-refractivity contribution in [3.05, 3.63) is 47.5 Å². The number of rotatable bonds is 5. The summed E-state index contributed by atoms with van der Waals surface area (Å²) in [6.45, 7) is 0.284. The van der Waals surface area contributed by atoms with E-state index in [0.29, 0.717) is 30.0 Å². The summed E-state index contributed by atoms with van der Waals surface area (Å²) >= 11 is 1.04. The lowest BCUT2D eigenvalue weighted by molar-refractivity contribution is -0.139. The molecular formula is C19H19F3N2O3S. The molecular weight excluding hydrogens is 393 g/mol. The first-order valence-corrected chi connectivity index (χ1v) is 9.76. The van der Waals surface area contributed by atoms with Gasteiger partial charge >= 0.3 is 12.2 Å². The van der Waals surface area contributed by atoms with E-state index < -0.39 is 17.8 Å². The van der Waals surface area contributed by atoms with Gasteiger partial charge in [0, 0.05) is 28.9 Å². The van der Waals surface area contributed by atoms with Crippen LogP contribution in [0.3, 0.4) is 0 Å². The molecule has 2 aromatic carbocycles. The van der Waals surface area contributed by atoms with Crippen molar-refractivity contribution in [3.8, 4) is 5.75 Å². The summed E-state index contributed by atoms with van der Waals surface area (Å²) in [6, 6.07) is 8.64. The van der Waals surface area contributed by atoms with Crippen LogP contribution in [0.2, 0.25) is 0 Å². The highest BCUT2D eigenvalue weighted by molar-refractivity contribution is 7.98. The molecule has 3 rings (SSSR count). The van der Waals surface area contributed by atoms with Gasteiger partial charge in [-0.15, -0.1) is 11.8 Å². The average molecular weight is 412 g/mol. The van der Waals surface area contributed by atoms with Gasteiger partial charge in [-0.05, 0) is 42.5 Å². The van der Waals surface area contributed by atoms with Crippen LogP contribution in [0.5, 0.6) is 5.75 Å². The van der Waals surface area contributed by atoms with Crippen molar-refractivity contribution in [3.63, 3.8) is 0 Å². The minimum Gasteiger partial charge on any atom is -0.491 e. The number of hydrogen-bond donors (Lipinski definition) is 2. The average Bonchev–Trinajstić information content (AvgIpc) is 3.08. The SMILES string of the molecule is CSc1cc2c(cc1C(F)(F)F)N(C(=O)Nc1cccc(OCCO)c1)CC2. The van der Waals surface area contributed by atoms with E-state index in [1.54, 1.807) is 30.5 Å². The second-order valence-electron chi connectivity index (χ2n) is 6.11. The Morgan fingerprint density at radius 3 is 2.79 bits per heavy atom. The maximum Gasteiger partial charge on any atom is 0.417 e. The number of aliphatic hydroxyl groups excluding tert-OH is 1. The number of carbonyl (C=O) groups excluding carboxylic acids is 1. The quantitative estimate of drug-likeness (QED) is 0.715. The van der Waals surface area contributed by atoms with Gasteiger partial charge in [0.05, 0.1) is 12.2 Å². The molecule has 0 spiro atoms. The molecule has 1 aliphatic rings. The number of ether oxygens (including phenoxy) is 1. The predicted octanol–water partition coefficient (Wildman–Crippen LogP) is 4.39. The Morgan fingerprint density at radius 1 is 1.32 bits per heavy atom. The van der Waals surface area contributed by atoms with Crippen molar-refractivity contribution in [2.45, 2.75) is 17.5 Å². The zero-order valence-corrected chi connectivity index (χ0v) is 15.9. The normalized spacial score (nSPS) is 13.4. The van der Waals surface area contributed by atoms with Crippen LogP contribution in [0.15, 0.2) is 41.3 Å². The van der Waals surface area contributed by atoms with Gasteiger partial charge in [-0.2, -0.15) is 13.2 Å². The van der Waals surface area contributed by atoms with Crippen molar-refractivity contribution in [2.75, 3.05) is 36.2 Å². The number of alkyl halides is 3. The number of urea groups is 1. The van der Waals surface area contributed by atoms with E-state index in [4.69, 9.17) is 9.84 Å². The zero-order chi connectivity index (χ0) is 20.3.